The Morgan fingerprint density at radius 3 is 2.44 bits per heavy atom. The van der Waals surface area contributed by atoms with Crippen molar-refractivity contribution in [3.05, 3.63) is 58.8 Å². The molecule has 1 heteroatoms. The molecule has 0 spiro atoms. The molecule has 0 atom stereocenters. The Labute approximate surface area is 92.0 Å². The van der Waals surface area contributed by atoms with Crippen molar-refractivity contribution in [1.82, 2.24) is 0 Å². The first-order valence-corrected chi connectivity index (χ1v) is 5.35. The van der Waals surface area contributed by atoms with Crippen LogP contribution in [0.15, 0.2) is 53.3 Å². The summed E-state index contributed by atoms with van der Waals surface area (Å²) in [6.07, 6.45) is 0. The fraction of sp³-hybridized carbons (Fsp3) is 0. The lowest BCUT2D eigenvalue weighted by Crippen LogP contribution is -2.02. The lowest BCUT2D eigenvalue weighted by molar-refractivity contribution is 1.65. The molecule has 0 saturated carbocycles. The van der Waals surface area contributed by atoms with Gasteiger partial charge in [-0.1, -0.05) is 36.4 Å². The lowest BCUT2D eigenvalue weighted by Gasteiger charge is -2.09. The van der Waals surface area contributed by atoms with Crippen molar-refractivity contribution in [3.8, 4) is 11.1 Å². The third-order valence-corrected chi connectivity index (χ3v) is 3.36. The molecule has 0 unspecified atom stereocenters. The van der Waals surface area contributed by atoms with Crippen LogP contribution >= 0.6 is 0 Å². The van der Waals surface area contributed by atoms with Gasteiger partial charge in [0.2, 0.25) is 0 Å². The molecule has 1 nitrogen and oxygen atoms in total. The molecule has 4 rings (SSSR count). The van der Waals surface area contributed by atoms with Crippen LogP contribution in [0.1, 0.15) is 0 Å². The SMILES string of the molecule is O=c1cc2cccc3ccc4ccc1-c4c32. The molecule has 0 aromatic heterocycles. The minimum atomic E-state index is 0.126. The maximum absolute atomic E-state index is 11.9. The van der Waals surface area contributed by atoms with Crippen LogP contribution in [0.3, 0.4) is 0 Å². The molecule has 0 aliphatic heterocycles. The molecule has 0 saturated heterocycles. The zero-order valence-electron chi connectivity index (χ0n) is 8.53. The van der Waals surface area contributed by atoms with Crippen molar-refractivity contribution < 1.29 is 0 Å². The average molecular weight is 204 g/mol. The Morgan fingerprint density at radius 2 is 1.50 bits per heavy atom. The first kappa shape index (κ1) is 8.05. The molecule has 2 aliphatic rings. The van der Waals surface area contributed by atoms with Gasteiger partial charge in [0.05, 0.1) is 0 Å². The fourth-order valence-electron chi connectivity index (χ4n) is 2.65. The van der Waals surface area contributed by atoms with Crippen molar-refractivity contribution in [2.75, 3.05) is 0 Å². The second kappa shape index (κ2) is 2.50. The zero-order valence-corrected chi connectivity index (χ0v) is 8.53. The Bertz CT molecular complexity index is 816. The van der Waals surface area contributed by atoms with Gasteiger partial charge >= 0.3 is 0 Å². The van der Waals surface area contributed by atoms with Crippen molar-refractivity contribution >= 4 is 21.5 Å². The molecule has 0 amide bonds. The highest BCUT2D eigenvalue weighted by atomic mass is 16.1. The summed E-state index contributed by atoms with van der Waals surface area (Å²) in [5, 5.41) is 4.64. The maximum Gasteiger partial charge on any atom is 0.187 e. The van der Waals surface area contributed by atoms with Crippen LogP contribution in [-0.2, 0) is 0 Å². The smallest absolute Gasteiger partial charge is 0.187 e. The molecular weight excluding hydrogens is 196 g/mol. The summed E-state index contributed by atoms with van der Waals surface area (Å²) in [6.45, 7) is 0. The quantitative estimate of drug-likeness (QED) is 0.429. The molecule has 0 fully saturated rings. The van der Waals surface area contributed by atoms with Crippen molar-refractivity contribution in [2.24, 2.45) is 0 Å². The van der Waals surface area contributed by atoms with Gasteiger partial charge in [0.1, 0.15) is 0 Å². The predicted molar refractivity (Wildman–Crippen MR) is 66.7 cm³/mol. The lowest BCUT2D eigenvalue weighted by atomic mass is 9.94. The largest absolute Gasteiger partial charge is 0.289 e. The molecule has 16 heavy (non-hydrogen) atoms. The van der Waals surface area contributed by atoms with Gasteiger partial charge in [-0.3, -0.25) is 4.79 Å². The van der Waals surface area contributed by atoms with E-state index in [4.69, 9.17) is 0 Å². The summed E-state index contributed by atoms with van der Waals surface area (Å²) in [6, 6.07) is 16.0. The third kappa shape index (κ3) is 0.797. The second-order valence-corrected chi connectivity index (χ2v) is 4.23. The highest BCUT2D eigenvalue weighted by Crippen LogP contribution is 2.37. The van der Waals surface area contributed by atoms with E-state index in [1.807, 2.05) is 24.3 Å². The summed E-state index contributed by atoms with van der Waals surface area (Å²) < 4.78 is 0. The Balaban J connectivity index is 2.51. The highest BCUT2D eigenvalue weighted by molar-refractivity contribution is 6.15. The van der Waals surface area contributed by atoms with Gasteiger partial charge in [0, 0.05) is 11.1 Å². The number of benzene rings is 3. The minimum Gasteiger partial charge on any atom is -0.289 e. The summed E-state index contributed by atoms with van der Waals surface area (Å²) in [5.74, 6) is 0. The molecule has 0 heterocycles. The van der Waals surface area contributed by atoms with E-state index in [0.29, 0.717) is 0 Å². The Hall–Kier alpha value is -2.15. The van der Waals surface area contributed by atoms with E-state index in [9.17, 15) is 4.79 Å². The van der Waals surface area contributed by atoms with Crippen LogP contribution in [0.2, 0.25) is 0 Å². The second-order valence-electron chi connectivity index (χ2n) is 4.23. The molecule has 0 N–H and O–H groups in total. The average Bonchev–Trinajstić information content (AvgIpc) is 2.73. The maximum atomic E-state index is 11.9. The van der Waals surface area contributed by atoms with E-state index in [-0.39, 0.29) is 5.43 Å². The summed E-state index contributed by atoms with van der Waals surface area (Å²) in [5.41, 5.74) is 2.10. The van der Waals surface area contributed by atoms with Crippen molar-refractivity contribution in [3.63, 3.8) is 0 Å². The van der Waals surface area contributed by atoms with Gasteiger partial charge in [0.25, 0.3) is 0 Å². The van der Waals surface area contributed by atoms with Crippen LogP contribution in [0, 0.1) is 0 Å². The summed E-state index contributed by atoms with van der Waals surface area (Å²) >= 11 is 0. The normalized spacial score (nSPS) is 12.0. The first-order valence-electron chi connectivity index (χ1n) is 5.35. The van der Waals surface area contributed by atoms with E-state index in [2.05, 4.69) is 18.2 Å². The molecule has 2 aliphatic carbocycles. The number of hydrogen-bond acceptors (Lipinski definition) is 1. The molecule has 2 aromatic carbocycles. The Morgan fingerprint density at radius 1 is 0.750 bits per heavy atom. The molecular formula is C15H8O. The van der Waals surface area contributed by atoms with E-state index in [1.165, 1.54) is 10.8 Å². The van der Waals surface area contributed by atoms with Gasteiger partial charge in [-0.25, -0.2) is 0 Å². The van der Waals surface area contributed by atoms with Gasteiger partial charge in [-0.2, -0.15) is 0 Å². The fourth-order valence-corrected chi connectivity index (χ4v) is 2.65. The molecule has 74 valence electrons. The van der Waals surface area contributed by atoms with Crippen LogP contribution in [-0.4, -0.2) is 0 Å². The molecule has 2 aromatic rings. The summed E-state index contributed by atoms with van der Waals surface area (Å²) in [7, 11) is 0. The number of hydrogen-bond donors (Lipinski definition) is 0. The van der Waals surface area contributed by atoms with E-state index in [1.54, 1.807) is 6.07 Å². The zero-order chi connectivity index (χ0) is 10.7. The first-order chi connectivity index (χ1) is 7.84. The van der Waals surface area contributed by atoms with Crippen LogP contribution < -0.4 is 5.43 Å². The van der Waals surface area contributed by atoms with Crippen LogP contribution in [0.4, 0.5) is 0 Å². The predicted octanol–water partition coefficient (Wildman–Crippen LogP) is 3.33. The molecule has 0 bridgehead atoms. The minimum absolute atomic E-state index is 0.126. The Kier molecular flexibility index (Phi) is 1.26. The van der Waals surface area contributed by atoms with Crippen LogP contribution in [0.25, 0.3) is 32.7 Å². The van der Waals surface area contributed by atoms with Crippen molar-refractivity contribution in [2.45, 2.75) is 0 Å². The highest BCUT2D eigenvalue weighted by Gasteiger charge is 2.16. The van der Waals surface area contributed by atoms with E-state index >= 15 is 0 Å². The van der Waals surface area contributed by atoms with Gasteiger partial charge in [0.15, 0.2) is 5.43 Å². The number of rotatable bonds is 0. The monoisotopic (exact) mass is 204 g/mol. The topological polar surface area (TPSA) is 17.1 Å². The van der Waals surface area contributed by atoms with Gasteiger partial charge in [-0.05, 0) is 33.7 Å². The van der Waals surface area contributed by atoms with E-state index < -0.39 is 0 Å². The van der Waals surface area contributed by atoms with E-state index in [0.717, 1.165) is 21.9 Å². The van der Waals surface area contributed by atoms with Gasteiger partial charge < -0.3 is 0 Å². The van der Waals surface area contributed by atoms with Crippen LogP contribution in [0.5, 0.6) is 0 Å². The molecule has 0 radical (unpaired) electrons. The third-order valence-electron chi connectivity index (χ3n) is 3.36. The summed E-state index contributed by atoms with van der Waals surface area (Å²) in [4.78, 5) is 11.9. The standard InChI is InChI=1S/C15H8O/c16-13-8-11-3-1-2-9-4-5-10-6-7-12(13)15(10)14(9)11/h1-8H. The van der Waals surface area contributed by atoms with Gasteiger partial charge in [-0.15, -0.1) is 0 Å². The van der Waals surface area contributed by atoms with Crippen molar-refractivity contribution in [1.29, 1.82) is 0 Å².